The van der Waals surface area contributed by atoms with Gasteiger partial charge in [0.05, 0.1) is 12.6 Å². The van der Waals surface area contributed by atoms with Crippen LogP contribution in [0.2, 0.25) is 0 Å². The molecule has 0 saturated heterocycles. The van der Waals surface area contributed by atoms with Crippen molar-refractivity contribution in [2.75, 3.05) is 13.1 Å². The molecule has 0 fully saturated rings. The Bertz CT molecular complexity index is 472. The van der Waals surface area contributed by atoms with Gasteiger partial charge in [0, 0.05) is 6.54 Å². The Morgan fingerprint density at radius 2 is 1.73 bits per heavy atom. The van der Waals surface area contributed by atoms with Crippen molar-refractivity contribution in [1.82, 2.24) is 10.6 Å². The molecule has 0 unspecified atom stereocenters. The van der Waals surface area contributed by atoms with E-state index in [-0.39, 0.29) is 36.2 Å². The van der Waals surface area contributed by atoms with Gasteiger partial charge in [-0.15, -0.1) is 12.4 Å². The molecule has 0 heterocycles. The molecule has 124 valence electrons. The highest BCUT2D eigenvalue weighted by molar-refractivity contribution is 5.87. The lowest BCUT2D eigenvalue weighted by molar-refractivity contribution is -0.128. The lowest BCUT2D eigenvalue weighted by atomic mass is 9.87. The Morgan fingerprint density at radius 1 is 1.14 bits per heavy atom. The van der Waals surface area contributed by atoms with E-state index >= 15 is 0 Å². The summed E-state index contributed by atoms with van der Waals surface area (Å²) in [6.45, 7) is 6.16. The van der Waals surface area contributed by atoms with Crippen LogP contribution in [0, 0.1) is 5.41 Å². The zero-order valence-electron chi connectivity index (χ0n) is 13.4. The van der Waals surface area contributed by atoms with Crippen molar-refractivity contribution in [3.63, 3.8) is 0 Å². The van der Waals surface area contributed by atoms with E-state index < -0.39 is 6.04 Å². The molecule has 0 bridgehead atoms. The van der Waals surface area contributed by atoms with Gasteiger partial charge in [0.25, 0.3) is 0 Å². The Balaban J connectivity index is 0.00000441. The summed E-state index contributed by atoms with van der Waals surface area (Å²) < 4.78 is 0. The van der Waals surface area contributed by atoms with Crippen molar-refractivity contribution in [2.45, 2.75) is 33.2 Å². The van der Waals surface area contributed by atoms with Crippen LogP contribution in [0.5, 0.6) is 0 Å². The monoisotopic (exact) mass is 327 g/mol. The molecule has 1 atom stereocenters. The predicted octanol–water partition coefficient (Wildman–Crippen LogP) is 1.26. The van der Waals surface area contributed by atoms with E-state index in [0.29, 0.717) is 6.54 Å². The van der Waals surface area contributed by atoms with Gasteiger partial charge >= 0.3 is 0 Å². The van der Waals surface area contributed by atoms with Crippen LogP contribution >= 0.6 is 12.4 Å². The molecule has 1 aromatic rings. The second kappa shape index (κ2) is 9.43. The second-order valence-corrected chi connectivity index (χ2v) is 6.15. The smallest absolute Gasteiger partial charge is 0.239 e. The molecule has 0 saturated carbocycles. The highest BCUT2D eigenvalue weighted by Crippen LogP contribution is 2.16. The summed E-state index contributed by atoms with van der Waals surface area (Å²) in [4.78, 5) is 23.4. The summed E-state index contributed by atoms with van der Waals surface area (Å²) in [6, 6.07) is 9.27. The Labute approximate surface area is 138 Å². The van der Waals surface area contributed by atoms with Gasteiger partial charge in [0.2, 0.25) is 11.8 Å². The van der Waals surface area contributed by atoms with Crippen LogP contribution in [0.3, 0.4) is 0 Å². The first kappa shape index (κ1) is 20.4. The molecule has 2 amide bonds. The van der Waals surface area contributed by atoms with E-state index in [2.05, 4.69) is 10.6 Å². The summed E-state index contributed by atoms with van der Waals surface area (Å²) in [5.74, 6) is -0.513. The van der Waals surface area contributed by atoms with Crippen LogP contribution in [0.15, 0.2) is 30.3 Å². The minimum atomic E-state index is -0.630. The number of hydrogen-bond acceptors (Lipinski definition) is 3. The van der Waals surface area contributed by atoms with Gasteiger partial charge in [-0.2, -0.15) is 0 Å². The highest BCUT2D eigenvalue weighted by Gasteiger charge is 2.27. The normalized spacial score (nSPS) is 12.0. The molecule has 1 aromatic carbocycles. The number of benzene rings is 1. The number of nitrogens with one attached hydrogen (secondary N) is 2. The predicted molar refractivity (Wildman–Crippen MR) is 90.8 cm³/mol. The summed E-state index contributed by atoms with van der Waals surface area (Å²) in [5.41, 5.74) is 6.65. The molecule has 6 heteroatoms. The number of rotatable bonds is 6. The van der Waals surface area contributed by atoms with Crippen molar-refractivity contribution in [3.8, 4) is 0 Å². The first-order chi connectivity index (χ1) is 9.80. The van der Waals surface area contributed by atoms with Crippen molar-refractivity contribution >= 4 is 24.2 Å². The van der Waals surface area contributed by atoms with E-state index in [1.54, 1.807) is 0 Å². The third-order valence-corrected chi connectivity index (χ3v) is 3.22. The van der Waals surface area contributed by atoms with Crippen LogP contribution in [0.1, 0.15) is 26.3 Å². The van der Waals surface area contributed by atoms with Crippen LogP contribution in [-0.4, -0.2) is 30.9 Å². The maximum Gasteiger partial charge on any atom is 0.239 e. The average Bonchev–Trinajstić information content (AvgIpc) is 2.44. The lowest BCUT2D eigenvalue weighted by Crippen LogP contribution is -2.50. The fourth-order valence-electron chi connectivity index (χ4n) is 1.72. The number of amides is 2. The lowest BCUT2D eigenvalue weighted by Gasteiger charge is -2.25. The van der Waals surface area contributed by atoms with Crippen LogP contribution < -0.4 is 16.4 Å². The molecule has 0 aliphatic heterocycles. The van der Waals surface area contributed by atoms with Crippen molar-refractivity contribution in [2.24, 2.45) is 11.1 Å². The quantitative estimate of drug-likeness (QED) is 0.735. The standard InChI is InChI=1S/C16H25N3O2.ClH/c1-16(2,3)14(17)15(21)19-11-13(20)18-10-9-12-7-5-4-6-8-12;/h4-8,14H,9-11,17H2,1-3H3,(H,18,20)(H,19,21);1H/t14-;/m1./s1. The van der Waals surface area contributed by atoms with Crippen molar-refractivity contribution in [1.29, 1.82) is 0 Å². The number of hydrogen-bond donors (Lipinski definition) is 3. The molecular formula is C16H26ClN3O2. The van der Waals surface area contributed by atoms with E-state index in [4.69, 9.17) is 5.73 Å². The molecule has 0 radical (unpaired) electrons. The number of carbonyl (C=O) groups is 2. The molecular weight excluding hydrogens is 302 g/mol. The highest BCUT2D eigenvalue weighted by atomic mass is 35.5. The largest absolute Gasteiger partial charge is 0.354 e. The Hall–Kier alpha value is -1.59. The first-order valence-corrected chi connectivity index (χ1v) is 7.14. The minimum absolute atomic E-state index is 0. The van der Waals surface area contributed by atoms with Gasteiger partial charge in [0.1, 0.15) is 0 Å². The molecule has 0 aromatic heterocycles. The van der Waals surface area contributed by atoms with E-state index in [1.807, 2.05) is 51.1 Å². The summed E-state index contributed by atoms with van der Waals surface area (Å²) in [7, 11) is 0. The van der Waals surface area contributed by atoms with E-state index in [1.165, 1.54) is 0 Å². The molecule has 5 nitrogen and oxygen atoms in total. The first-order valence-electron chi connectivity index (χ1n) is 7.14. The number of carbonyl (C=O) groups excluding carboxylic acids is 2. The van der Waals surface area contributed by atoms with Crippen molar-refractivity contribution in [3.05, 3.63) is 35.9 Å². The van der Waals surface area contributed by atoms with E-state index in [9.17, 15) is 9.59 Å². The summed E-state index contributed by atoms with van der Waals surface area (Å²) >= 11 is 0. The van der Waals surface area contributed by atoms with Gasteiger partial charge in [0.15, 0.2) is 0 Å². The molecule has 1 rings (SSSR count). The molecule has 0 aliphatic rings. The van der Waals surface area contributed by atoms with Gasteiger partial charge in [-0.1, -0.05) is 51.1 Å². The zero-order chi connectivity index (χ0) is 15.9. The number of nitrogens with two attached hydrogens (primary N) is 1. The summed E-state index contributed by atoms with van der Waals surface area (Å²) in [5, 5.41) is 5.33. The minimum Gasteiger partial charge on any atom is -0.354 e. The molecule has 22 heavy (non-hydrogen) atoms. The zero-order valence-corrected chi connectivity index (χ0v) is 14.2. The molecule has 4 N–H and O–H groups in total. The fraction of sp³-hybridized carbons (Fsp3) is 0.500. The van der Waals surface area contributed by atoms with E-state index in [0.717, 1.165) is 12.0 Å². The average molecular weight is 328 g/mol. The third-order valence-electron chi connectivity index (χ3n) is 3.22. The molecule has 0 aliphatic carbocycles. The van der Waals surface area contributed by atoms with Gasteiger partial charge in [-0.25, -0.2) is 0 Å². The maximum absolute atomic E-state index is 11.8. The molecule has 0 spiro atoms. The fourth-order valence-corrected chi connectivity index (χ4v) is 1.72. The van der Waals surface area contributed by atoms with Crippen LogP contribution in [-0.2, 0) is 16.0 Å². The van der Waals surface area contributed by atoms with Gasteiger partial charge in [-0.05, 0) is 17.4 Å². The van der Waals surface area contributed by atoms with Gasteiger partial charge in [-0.3, -0.25) is 9.59 Å². The topological polar surface area (TPSA) is 84.2 Å². The van der Waals surface area contributed by atoms with Gasteiger partial charge < -0.3 is 16.4 Å². The second-order valence-electron chi connectivity index (χ2n) is 6.15. The third kappa shape index (κ3) is 7.43. The van der Waals surface area contributed by atoms with Crippen molar-refractivity contribution < 1.29 is 9.59 Å². The Morgan fingerprint density at radius 3 is 2.27 bits per heavy atom. The SMILES string of the molecule is CC(C)(C)[C@H](N)C(=O)NCC(=O)NCCc1ccccc1.Cl. The maximum atomic E-state index is 11.8. The van der Waals surface area contributed by atoms with Crippen LogP contribution in [0.25, 0.3) is 0 Å². The number of halogens is 1. The Kier molecular flexibility index (Phi) is 8.75. The summed E-state index contributed by atoms with van der Waals surface area (Å²) in [6.07, 6.45) is 0.766. The van der Waals surface area contributed by atoms with Crippen LogP contribution in [0.4, 0.5) is 0 Å².